The molecule has 3 rings (SSSR count). The lowest BCUT2D eigenvalue weighted by Gasteiger charge is -2.24. The molecule has 0 aromatic heterocycles. The van der Waals surface area contributed by atoms with E-state index in [0.717, 1.165) is 41.1 Å². The van der Waals surface area contributed by atoms with Crippen LogP contribution >= 0.6 is 15.9 Å². The number of ether oxygens (including phenoxy) is 1. The Bertz CT molecular complexity index is 490. The number of benzene rings is 1. The highest BCUT2D eigenvalue weighted by Crippen LogP contribution is 2.48. The van der Waals surface area contributed by atoms with Crippen LogP contribution < -0.4 is 10.1 Å². The molecular weight excluding hydrogens is 326 g/mol. The fourth-order valence-corrected chi connectivity index (χ4v) is 4.56. The summed E-state index contributed by atoms with van der Waals surface area (Å²) >= 11 is 3.58. The lowest BCUT2D eigenvalue weighted by molar-refractivity contribution is 0.193. The highest BCUT2D eigenvalue weighted by molar-refractivity contribution is 9.10. The van der Waals surface area contributed by atoms with Gasteiger partial charge in [0.05, 0.1) is 6.61 Å². The quantitative estimate of drug-likeness (QED) is 0.783. The molecule has 4 atom stereocenters. The van der Waals surface area contributed by atoms with Gasteiger partial charge in [0.2, 0.25) is 0 Å². The van der Waals surface area contributed by atoms with Crippen LogP contribution in [0.5, 0.6) is 5.75 Å². The van der Waals surface area contributed by atoms with Crippen molar-refractivity contribution in [2.75, 3.05) is 13.2 Å². The highest BCUT2D eigenvalue weighted by Gasteiger charge is 2.39. The van der Waals surface area contributed by atoms with Crippen molar-refractivity contribution in [1.29, 1.82) is 0 Å². The molecule has 116 valence electrons. The average Bonchev–Trinajstić information content (AvgIpc) is 3.08. The summed E-state index contributed by atoms with van der Waals surface area (Å²) in [6.07, 6.45) is 5.73. The summed E-state index contributed by atoms with van der Waals surface area (Å²) in [5, 5.41) is 3.48. The van der Waals surface area contributed by atoms with Crippen molar-refractivity contribution in [2.24, 2.45) is 17.8 Å². The second-order valence-electron chi connectivity index (χ2n) is 6.71. The van der Waals surface area contributed by atoms with Crippen molar-refractivity contribution in [3.63, 3.8) is 0 Å². The van der Waals surface area contributed by atoms with Gasteiger partial charge in [0.15, 0.2) is 0 Å². The summed E-state index contributed by atoms with van der Waals surface area (Å²) in [4.78, 5) is 0. The Hall–Kier alpha value is -0.540. The second-order valence-corrected chi connectivity index (χ2v) is 7.62. The zero-order valence-corrected chi connectivity index (χ0v) is 14.7. The Morgan fingerprint density at radius 1 is 1.33 bits per heavy atom. The molecule has 1 aromatic rings. The van der Waals surface area contributed by atoms with E-state index in [1.165, 1.54) is 31.2 Å². The third-order valence-electron chi connectivity index (χ3n) is 5.29. The second kappa shape index (κ2) is 6.70. The standard InChI is InChI=1S/C18H26BrNO/c1-3-20-12(2)17-10-16(19)6-7-18(17)21-11-15-9-13-4-5-14(15)8-13/h6-7,10,12-15,20H,3-5,8-9,11H2,1-2H3. The molecule has 2 bridgehead atoms. The number of nitrogens with one attached hydrogen (secondary N) is 1. The first-order valence-electron chi connectivity index (χ1n) is 8.33. The third-order valence-corrected chi connectivity index (χ3v) is 5.78. The van der Waals surface area contributed by atoms with E-state index in [2.05, 4.69) is 53.3 Å². The Labute approximate surface area is 136 Å². The van der Waals surface area contributed by atoms with Gasteiger partial charge >= 0.3 is 0 Å². The predicted molar refractivity (Wildman–Crippen MR) is 90.7 cm³/mol. The summed E-state index contributed by atoms with van der Waals surface area (Å²) in [5.41, 5.74) is 1.26. The van der Waals surface area contributed by atoms with Gasteiger partial charge in [-0.2, -0.15) is 0 Å². The molecule has 4 unspecified atom stereocenters. The minimum Gasteiger partial charge on any atom is -0.493 e. The molecule has 2 aliphatic carbocycles. The first kappa shape index (κ1) is 15.4. The Morgan fingerprint density at radius 3 is 2.86 bits per heavy atom. The van der Waals surface area contributed by atoms with Crippen molar-refractivity contribution < 1.29 is 4.74 Å². The fourth-order valence-electron chi connectivity index (χ4n) is 4.18. The van der Waals surface area contributed by atoms with Gasteiger partial charge < -0.3 is 10.1 Å². The summed E-state index contributed by atoms with van der Waals surface area (Å²) in [5.74, 6) is 3.76. The van der Waals surface area contributed by atoms with Gasteiger partial charge in [-0.3, -0.25) is 0 Å². The predicted octanol–water partition coefficient (Wildman–Crippen LogP) is 4.93. The topological polar surface area (TPSA) is 21.3 Å². The molecule has 1 aromatic carbocycles. The zero-order chi connectivity index (χ0) is 14.8. The summed E-state index contributed by atoms with van der Waals surface area (Å²) in [7, 11) is 0. The third kappa shape index (κ3) is 3.45. The van der Waals surface area contributed by atoms with Crippen LogP contribution in [-0.2, 0) is 0 Å². The van der Waals surface area contributed by atoms with Crippen LogP contribution in [0.4, 0.5) is 0 Å². The van der Waals surface area contributed by atoms with Crippen LogP contribution in [0, 0.1) is 17.8 Å². The number of fused-ring (bicyclic) bond motifs is 2. The maximum Gasteiger partial charge on any atom is 0.124 e. The maximum absolute atomic E-state index is 6.24. The van der Waals surface area contributed by atoms with E-state index in [-0.39, 0.29) is 0 Å². The minimum absolute atomic E-state index is 0.322. The fraction of sp³-hybridized carbons (Fsp3) is 0.667. The SMILES string of the molecule is CCNC(C)c1cc(Br)ccc1OCC1CC2CCC1C2. The first-order chi connectivity index (χ1) is 10.2. The Balaban J connectivity index is 1.66. The van der Waals surface area contributed by atoms with Crippen molar-refractivity contribution in [3.05, 3.63) is 28.2 Å². The molecule has 0 spiro atoms. The molecule has 2 saturated carbocycles. The largest absolute Gasteiger partial charge is 0.493 e. The van der Waals surface area contributed by atoms with E-state index in [0.29, 0.717) is 6.04 Å². The molecule has 2 fully saturated rings. The zero-order valence-electron chi connectivity index (χ0n) is 13.1. The molecule has 0 saturated heterocycles. The van der Waals surface area contributed by atoms with Crippen molar-refractivity contribution >= 4 is 15.9 Å². The van der Waals surface area contributed by atoms with Gasteiger partial charge in [0.25, 0.3) is 0 Å². The molecule has 21 heavy (non-hydrogen) atoms. The minimum atomic E-state index is 0.322. The number of hydrogen-bond acceptors (Lipinski definition) is 2. The lowest BCUT2D eigenvalue weighted by atomic mass is 9.89. The smallest absolute Gasteiger partial charge is 0.124 e. The molecule has 1 N–H and O–H groups in total. The van der Waals surface area contributed by atoms with E-state index < -0.39 is 0 Å². The summed E-state index contributed by atoms with van der Waals surface area (Å²) < 4.78 is 7.36. The molecule has 0 amide bonds. The van der Waals surface area contributed by atoms with Gasteiger partial charge in [0.1, 0.15) is 5.75 Å². The van der Waals surface area contributed by atoms with Gasteiger partial charge in [-0.1, -0.05) is 29.3 Å². The normalized spacial score (nSPS) is 28.8. The van der Waals surface area contributed by atoms with Crippen LogP contribution in [0.2, 0.25) is 0 Å². The van der Waals surface area contributed by atoms with Crippen LogP contribution in [0.25, 0.3) is 0 Å². The van der Waals surface area contributed by atoms with Gasteiger partial charge in [-0.25, -0.2) is 0 Å². The molecule has 2 nitrogen and oxygen atoms in total. The molecule has 0 heterocycles. The van der Waals surface area contributed by atoms with Crippen LogP contribution in [-0.4, -0.2) is 13.2 Å². The van der Waals surface area contributed by atoms with E-state index in [1.54, 1.807) is 0 Å². The van der Waals surface area contributed by atoms with Crippen molar-refractivity contribution in [1.82, 2.24) is 5.32 Å². The van der Waals surface area contributed by atoms with E-state index in [1.807, 2.05) is 0 Å². The van der Waals surface area contributed by atoms with Crippen LogP contribution in [0.15, 0.2) is 22.7 Å². The average molecular weight is 352 g/mol. The monoisotopic (exact) mass is 351 g/mol. The van der Waals surface area contributed by atoms with Gasteiger partial charge in [-0.05, 0) is 68.7 Å². The van der Waals surface area contributed by atoms with E-state index >= 15 is 0 Å². The Morgan fingerprint density at radius 2 is 2.19 bits per heavy atom. The first-order valence-corrected chi connectivity index (χ1v) is 9.12. The molecule has 0 aliphatic heterocycles. The van der Waals surface area contributed by atoms with Gasteiger partial charge in [0, 0.05) is 16.1 Å². The van der Waals surface area contributed by atoms with Crippen molar-refractivity contribution in [3.8, 4) is 5.75 Å². The maximum atomic E-state index is 6.24. The Kier molecular flexibility index (Phi) is 4.90. The molecule has 2 aliphatic rings. The number of hydrogen-bond donors (Lipinski definition) is 1. The summed E-state index contributed by atoms with van der Waals surface area (Å²) in [6, 6.07) is 6.70. The van der Waals surface area contributed by atoms with Crippen molar-refractivity contribution in [2.45, 2.75) is 45.6 Å². The van der Waals surface area contributed by atoms with Gasteiger partial charge in [-0.15, -0.1) is 0 Å². The number of halogens is 1. The summed E-state index contributed by atoms with van der Waals surface area (Å²) in [6.45, 7) is 6.22. The highest BCUT2D eigenvalue weighted by atomic mass is 79.9. The molecule has 0 radical (unpaired) electrons. The van der Waals surface area contributed by atoms with E-state index in [9.17, 15) is 0 Å². The molecule has 3 heteroatoms. The lowest BCUT2D eigenvalue weighted by Crippen LogP contribution is -2.21. The van der Waals surface area contributed by atoms with E-state index in [4.69, 9.17) is 4.74 Å². The van der Waals surface area contributed by atoms with Crippen LogP contribution in [0.1, 0.15) is 51.1 Å². The molecular formula is C18H26BrNO. The number of rotatable bonds is 6. The van der Waals surface area contributed by atoms with Crippen LogP contribution in [0.3, 0.4) is 0 Å².